The third-order valence-electron chi connectivity index (χ3n) is 1.68. The van der Waals surface area contributed by atoms with Crippen molar-refractivity contribution in [2.45, 2.75) is 25.1 Å². The monoisotopic (exact) mass is 132 g/mol. The zero-order valence-corrected chi connectivity index (χ0v) is 5.44. The van der Waals surface area contributed by atoms with Crippen LogP contribution < -0.4 is 11.1 Å². The number of rotatable bonds is 2. The highest BCUT2D eigenvalue weighted by Crippen LogP contribution is 2.11. The van der Waals surface area contributed by atoms with Crippen LogP contribution in [0.1, 0.15) is 12.8 Å². The number of nitrogens with one attached hydrogen (secondary N) is 1. The molecule has 1 heterocycles. The number of nitrogens with two attached hydrogens (primary N) is 1. The Labute approximate surface area is 54.6 Å². The summed E-state index contributed by atoms with van der Waals surface area (Å²) in [6, 6.07) is 0.338. The molecule has 1 aliphatic rings. The molecule has 54 valence electrons. The molecule has 0 bridgehead atoms. The van der Waals surface area contributed by atoms with Crippen molar-refractivity contribution in [3.63, 3.8) is 0 Å². The highest BCUT2D eigenvalue weighted by molar-refractivity contribution is 4.80. The molecular weight excluding hydrogens is 119 g/mol. The number of hydrogen-bond acceptors (Lipinski definition) is 2. The minimum absolute atomic E-state index is 0.338. The first kappa shape index (κ1) is 6.96. The van der Waals surface area contributed by atoms with E-state index in [4.69, 9.17) is 5.73 Å². The topological polar surface area (TPSA) is 38.0 Å². The summed E-state index contributed by atoms with van der Waals surface area (Å²) >= 11 is 0. The van der Waals surface area contributed by atoms with E-state index < -0.39 is 6.17 Å². The maximum atomic E-state index is 12.4. The van der Waals surface area contributed by atoms with Gasteiger partial charge in [-0.2, -0.15) is 0 Å². The van der Waals surface area contributed by atoms with Crippen LogP contribution in [0.5, 0.6) is 0 Å². The lowest BCUT2D eigenvalue weighted by atomic mass is 10.1. The van der Waals surface area contributed by atoms with Gasteiger partial charge in [-0.15, -0.1) is 0 Å². The van der Waals surface area contributed by atoms with Crippen LogP contribution in [0.2, 0.25) is 0 Å². The van der Waals surface area contributed by atoms with E-state index in [-0.39, 0.29) is 0 Å². The fraction of sp³-hybridized carbons (Fsp3) is 1.00. The maximum absolute atomic E-state index is 12.4. The van der Waals surface area contributed by atoms with Gasteiger partial charge in [-0.1, -0.05) is 0 Å². The molecule has 3 heteroatoms. The standard InChI is InChI=1S/C6H13FN2/c7-5-3-6(1-2-8)9-4-5/h5-6,9H,1-4,8H2. The second-order valence-electron chi connectivity index (χ2n) is 2.52. The molecule has 2 unspecified atom stereocenters. The molecule has 0 aromatic rings. The Hall–Kier alpha value is -0.150. The molecule has 1 aliphatic heterocycles. The van der Waals surface area contributed by atoms with Crippen molar-refractivity contribution in [2.75, 3.05) is 13.1 Å². The van der Waals surface area contributed by atoms with Crippen molar-refractivity contribution in [1.29, 1.82) is 0 Å². The normalized spacial score (nSPS) is 35.3. The summed E-state index contributed by atoms with van der Waals surface area (Å²) in [5, 5.41) is 3.05. The molecule has 0 spiro atoms. The number of halogens is 1. The van der Waals surface area contributed by atoms with Gasteiger partial charge in [-0.05, 0) is 19.4 Å². The molecule has 1 fully saturated rings. The predicted molar refractivity (Wildman–Crippen MR) is 35.0 cm³/mol. The van der Waals surface area contributed by atoms with Crippen LogP contribution in [0.15, 0.2) is 0 Å². The predicted octanol–water partition coefficient (Wildman–Crippen LogP) is 0.0352. The highest BCUT2D eigenvalue weighted by atomic mass is 19.1. The number of hydrogen-bond donors (Lipinski definition) is 2. The Morgan fingerprint density at radius 3 is 2.89 bits per heavy atom. The Morgan fingerprint density at radius 2 is 2.44 bits per heavy atom. The first-order chi connectivity index (χ1) is 4.33. The van der Waals surface area contributed by atoms with E-state index in [1.807, 2.05) is 0 Å². The van der Waals surface area contributed by atoms with Crippen LogP contribution in [0.4, 0.5) is 4.39 Å². The molecule has 9 heavy (non-hydrogen) atoms. The maximum Gasteiger partial charge on any atom is 0.114 e. The Bertz CT molecular complexity index is 85.1. The van der Waals surface area contributed by atoms with E-state index >= 15 is 0 Å². The lowest BCUT2D eigenvalue weighted by Gasteiger charge is -2.05. The molecule has 1 rings (SSSR count). The van der Waals surface area contributed by atoms with Gasteiger partial charge >= 0.3 is 0 Å². The molecule has 0 aromatic heterocycles. The Balaban J connectivity index is 2.14. The van der Waals surface area contributed by atoms with Gasteiger partial charge in [0, 0.05) is 12.6 Å². The van der Waals surface area contributed by atoms with Gasteiger partial charge in [-0.3, -0.25) is 0 Å². The molecule has 0 aromatic carbocycles. The van der Waals surface area contributed by atoms with Crippen molar-refractivity contribution in [3.05, 3.63) is 0 Å². The van der Waals surface area contributed by atoms with E-state index in [9.17, 15) is 4.39 Å². The van der Waals surface area contributed by atoms with Gasteiger partial charge < -0.3 is 11.1 Å². The summed E-state index contributed by atoms with van der Waals surface area (Å²) in [7, 11) is 0. The van der Waals surface area contributed by atoms with Gasteiger partial charge in [-0.25, -0.2) is 4.39 Å². The molecule has 3 N–H and O–H groups in total. The zero-order chi connectivity index (χ0) is 6.69. The van der Waals surface area contributed by atoms with Crippen molar-refractivity contribution in [2.24, 2.45) is 5.73 Å². The molecule has 0 aliphatic carbocycles. The van der Waals surface area contributed by atoms with Crippen molar-refractivity contribution >= 4 is 0 Å². The van der Waals surface area contributed by atoms with Crippen LogP contribution in [0, 0.1) is 0 Å². The number of alkyl halides is 1. The largest absolute Gasteiger partial charge is 0.330 e. The van der Waals surface area contributed by atoms with Gasteiger partial charge in [0.15, 0.2) is 0 Å². The second kappa shape index (κ2) is 3.13. The summed E-state index contributed by atoms with van der Waals surface area (Å²) in [5.41, 5.74) is 5.29. The van der Waals surface area contributed by atoms with Crippen molar-refractivity contribution in [1.82, 2.24) is 5.32 Å². The van der Waals surface area contributed by atoms with Gasteiger partial charge in [0.2, 0.25) is 0 Å². The molecule has 0 saturated carbocycles. The van der Waals surface area contributed by atoms with Crippen molar-refractivity contribution in [3.8, 4) is 0 Å². The summed E-state index contributed by atoms with van der Waals surface area (Å²) in [6.45, 7) is 1.18. The van der Waals surface area contributed by atoms with E-state index in [2.05, 4.69) is 5.32 Å². The van der Waals surface area contributed by atoms with Crippen LogP contribution in [-0.2, 0) is 0 Å². The van der Waals surface area contributed by atoms with Crippen LogP contribution in [0.3, 0.4) is 0 Å². The van der Waals surface area contributed by atoms with Gasteiger partial charge in [0.1, 0.15) is 6.17 Å². The molecule has 0 amide bonds. The van der Waals surface area contributed by atoms with E-state index in [0.717, 1.165) is 6.42 Å². The SMILES string of the molecule is NCCC1CC(F)CN1. The first-order valence-corrected chi connectivity index (χ1v) is 3.40. The van der Waals surface area contributed by atoms with E-state index in [1.165, 1.54) is 0 Å². The molecule has 0 radical (unpaired) electrons. The second-order valence-corrected chi connectivity index (χ2v) is 2.52. The molecule has 2 nitrogen and oxygen atoms in total. The van der Waals surface area contributed by atoms with Crippen LogP contribution in [0.25, 0.3) is 0 Å². The minimum Gasteiger partial charge on any atom is -0.330 e. The average Bonchev–Trinajstić information content (AvgIpc) is 2.17. The summed E-state index contributed by atoms with van der Waals surface area (Å²) in [5.74, 6) is 0. The molecule has 2 atom stereocenters. The first-order valence-electron chi connectivity index (χ1n) is 3.40. The van der Waals surface area contributed by atoms with E-state index in [1.54, 1.807) is 0 Å². The fourth-order valence-electron chi connectivity index (χ4n) is 1.19. The third-order valence-corrected chi connectivity index (χ3v) is 1.68. The summed E-state index contributed by atoms with van der Waals surface area (Å²) in [6.07, 6.45) is 0.916. The van der Waals surface area contributed by atoms with Crippen molar-refractivity contribution < 1.29 is 4.39 Å². The Kier molecular flexibility index (Phi) is 2.42. The lowest BCUT2D eigenvalue weighted by Crippen LogP contribution is -2.24. The van der Waals surface area contributed by atoms with Gasteiger partial charge in [0.25, 0.3) is 0 Å². The third kappa shape index (κ3) is 1.91. The summed E-state index contributed by atoms with van der Waals surface area (Å²) < 4.78 is 12.4. The molecule has 1 saturated heterocycles. The molecular formula is C6H13FN2. The van der Waals surface area contributed by atoms with Crippen LogP contribution in [-0.4, -0.2) is 25.3 Å². The van der Waals surface area contributed by atoms with E-state index in [0.29, 0.717) is 25.6 Å². The Morgan fingerprint density at radius 1 is 1.67 bits per heavy atom. The van der Waals surface area contributed by atoms with Gasteiger partial charge in [0.05, 0.1) is 0 Å². The zero-order valence-electron chi connectivity index (χ0n) is 5.44. The lowest BCUT2D eigenvalue weighted by molar-refractivity contribution is 0.354. The highest BCUT2D eigenvalue weighted by Gasteiger charge is 2.21. The average molecular weight is 132 g/mol. The van der Waals surface area contributed by atoms with Crippen LogP contribution >= 0.6 is 0 Å². The minimum atomic E-state index is -0.637. The smallest absolute Gasteiger partial charge is 0.114 e. The summed E-state index contributed by atoms with van der Waals surface area (Å²) in [4.78, 5) is 0. The quantitative estimate of drug-likeness (QED) is 0.556. The fourth-order valence-corrected chi connectivity index (χ4v) is 1.19.